The summed E-state index contributed by atoms with van der Waals surface area (Å²) >= 11 is 3.23. The predicted octanol–water partition coefficient (Wildman–Crippen LogP) is 6.11. The second-order valence-corrected chi connectivity index (χ2v) is 9.24. The van der Waals surface area contributed by atoms with Crippen molar-refractivity contribution in [3.8, 4) is 23.3 Å². The molecule has 4 rings (SSSR count). The summed E-state index contributed by atoms with van der Waals surface area (Å²) in [5.41, 5.74) is 12.5. The fourth-order valence-electron chi connectivity index (χ4n) is 3.15. The van der Waals surface area contributed by atoms with Crippen molar-refractivity contribution in [2.45, 2.75) is 12.4 Å². The van der Waals surface area contributed by atoms with Crippen LogP contribution in [0.2, 0.25) is 0 Å². The number of nitrogens with zero attached hydrogens (tertiary/aromatic N) is 2. The van der Waals surface area contributed by atoms with Gasteiger partial charge in [0.25, 0.3) is 0 Å². The van der Waals surface area contributed by atoms with Crippen LogP contribution in [0.4, 0.5) is 37.7 Å². The third kappa shape index (κ3) is 9.85. The minimum Gasteiger partial charge on any atom is -0.423 e. The Morgan fingerprint density at radius 2 is 1.02 bits per heavy atom. The molecule has 0 fully saturated rings. The molecule has 4 aromatic rings. The first-order chi connectivity index (χ1) is 19.6. The van der Waals surface area contributed by atoms with Gasteiger partial charge in [-0.05, 0) is 59.1 Å². The molecule has 0 atom stereocenters. The Balaban J connectivity index is 0.000000234. The summed E-state index contributed by atoms with van der Waals surface area (Å²) in [6.45, 7) is 0. The van der Waals surface area contributed by atoms with Crippen LogP contribution >= 0.6 is 15.9 Å². The standard InChI is InChI=1S/C14H9F3N2.C7H6BF3O2.C7H5BrN2/c15-14(16,17)12-4-1-9(2-5-12)10-3-6-13(19)11(7-10)8-18;9-7(10,11)5-1-3-6(4-2-5)8(12)13;8-6-1-2-7(10)5(3-6)4-9/h1-7H,19H2;1-4,12-13H;1-3H,10H2. The van der Waals surface area contributed by atoms with Gasteiger partial charge in [-0.3, -0.25) is 0 Å². The topological polar surface area (TPSA) is 140 Å². The number of benzene rings is 4. The Labute approximate surface area is 245 Å². The van der Waals surface area contributed by atoms with E-state index in [9.17, 15) is 26.3 Å². The lowest BCUT2D eigenvalue weighted by atomic mass is 9.80. The summed E-state index contributed by atoms with van der Waals surface area (Å²) in [5.74, 6) is 0. The number of hydrogen-bond acceptors (Lipinski definition) is 6. The first-order valence-corrected chi connectivity index (χ1v) is 12.3. The van der Waals surface area contributed by atoms with E-state index in [0.717, 1.165) is 40.9 Å². The van der Waals surface area contributed by atoms with Gasteiger partial charge in [0.05, 0.1) is 22.3 Å². The van der Waals surface area contributed by atoms with E-state index in [1.54, 1.807) is 36.4 Å². The molecule has 6 nitrogen and oxygen atoms in total. The summed E-state index contributed by atoms with van der Waals surface area (Å²) in [5, 5.41) is 34.5. The molecule has 0 radical (unpaired) electrons. The van der Waals surface area contributed by atoms with Gasteiger partial charge in [-0.25, -0.2) is 0 Å². The predicted molar refractivity (Wildman–Crippen MR) is 151 cm³/mol. The summed E-state index contributed by atoms with van der Waals surface area (Å²) in [6.07, 6.45) is -8.74. The van der Waals surface area contributed by atoms with Crippen molar-refractivity contribution in [3.63, 3.8) is 0 Å². The van der Waals surface area contributed by atoms with Gasteiger partial charge in [0.15, 0.2) is 0 Å². The molecule has 0 saturated carbocycles. The van der Waals surface area contributed by atoms with Crippen molar-refractivity contribution >= 4 is 39.9 Å². The first-order valence-electron chi connectivity index (χ1n) is 11.5. The molecular formula is C28H20BBrF6N4O2. The molecule has 0 spiro atoms. The third-order valence-electron chi connectivity index (χ3n) is 5.39. The molecule has 0 amide bonds. The van der Waals surface area contributed by atoms with E-state index in [0.29, 0.717) is 33.6 Å². The number of nitrogens with two attached hydrogens (primary N) is 2. The monoisotopic (exact) mass is 648 g/mol. The van der Waals surface area contributed by atoms with Crippen LogP contribution in [0.15, 0.2) is 89.4 Å². The zero-order chi connectivity index (χ0) is 31.7. The summed E-state index contributed by atoms with van der Waals surface area (Å²) in [7, 11) is -1.73. The Hall–Kier alpha value is -4.50. The van der Waals surface area contributed by atoms with E-state index < -0.39 is 30.6 Å². The lowest BCUT2D eigenvalue weighted by molar-refractivity contribution is -0.138. The van der Waals surface area contributed by atoms with Crippen molar-refractivity contribution in [1.29, 1.82) is 10.5 Å². The highest BCUT2D eigenvalue weighted by Gasteiger charge is 2.31. The fourth-order valence-corrected chi connectivity index (χ4v) is 3.51. The highest BCUT2D eigenvalue weighted by molar-refractivity contribution is 9.10. The van der Waals surface area contributed by atoms with Crippen LogP contribution in [0.5, 0.6) is 0 Å². The normalized spacial score (nSPS) is 10.6. The number of alkyl halides is 6. The van der Waals surface area contributed by atoms with Crippen LogP contribution in [-0.4, -0.2) is 17.2 Å². The van der Waals surface area contributed by atoms with Gasteiger partial charge in [0.2, 0.25) is 0 Å². The number of nitriles is 2. The Kier molecular flexibility index (Phi) is 11.6. The molecule has 0 bridgehead atoms. The molecule has 0 heterocycles. The third-order valence-corrected chi connectivity index (χ3v) is 5.88. The van der Waals surface area contributed by atoms with Crippen LogP contribution < -0.4 is 16.9 Å². The largest absolute Gasteiger partial charge is 0.488 e. The number of hydrogen-bond donors (Lipinski definition) is 4. The SMILES string of the molecule is N#Cc1cc(-c2ccc(C(F)(F)F)cc2)ccc1N.N#Cc1cc(Br)ccc1N.OB(O)c1ccc(C(F)(F)F)cc1. The van der Waals surface area contributed by atoms with Gasteiger partial charge in [-0.15, -0.1) is 0 Å². The maximum Gasteiger partial charge on any atom is 0.488 e. The van der Waals surface area contributed by atoms with Crippen molar-refractivity contribution in [1.82, 2.24) is 0 Å². The second kappa shape index (κ2) is 14.4. The van der Waals surface area contributed by atoms with E-state index in [4.69, 9.17) is 32.0 Å². The maximum absolute atomic E-state index is 12.4. The van der Waals surface area contributed by atoms with Gasteiger partial charge in [-0.2, -0.15) is 36.9 Å². The zero-order valence-electron chi connectivity index (χ0n) is 21.2. The highest BCUT2D eigenvalue weighted by Crippen LogP contribution is 2.31. The van der Waals surface area contributed by atoms with Crippen LogP contribution in [0, 0.1) is 22.7 Å². The zero-order valence-corrected chi connectivity index (χ0v) is 22.8. The molecule has 0 aliphatic carbocycles. The van der Waals surface area contributed by atoms with Gasteiger partial charge in [0.1, 0.15) is 12.1 Å². The molecule has 216 valence electrons. The van der Waals surface area contributed by atoms with Gasteiger partial charge in [-0.1, -0.05) is 58.4 Å². The van der Waals surface area contributed by atoms with Crippen molar-refractivity contribution in [3.05, 3.63) is 112 Å². The van der Waals surface area contributed by atoms with E-state index in [2.05, 4.69) is 15.9 Å². The van der Waals surface area contributed by atoms with E-state index in [1.165, 1.54) is 12.1 Å². The molecule has 0 saturated heterocycles. The molecule has 0 unspecified atom stereocenters. The molecule has 14 heteroatoms. The Bertz CT molecular complexity index is 1580. The van der Waals surface area contributed by atoms with Crippen LogP contribution in [0.3, 0.4) is 0 Å². The smallest absolute Gasteiger partial charge is 0.423 e. The Morgan fingerprint density at radius 3 is 1.43 bits per heavy atom. The summed E-state index contributed by atoms with van der Waals surface area (Å²) in [4.78, 5) is 0. The minimum atomic E-state index is -4.39. The van der Waals surface area contributed by atoms with Crippen LogP contribution in [-0.2, 0) is 12.4 Å². The number of halogens is 7. The van der Waals surface area contributed by atoms with Crippen molar-refractivity contribution < 1.29 is 36.4 Å². The highest BCUT2D eigenvalue weighted by atomic mass is 79.9. The summed E-state index contributed by atoms with van der Waals surface area (Å²) in [6, 6.07) is 22.3. The molecule has 0 aliphatic heterocycles. The lowest BCUT2D eigenvalue weighted by Crippen LogP contribution is -2.29. The molecule has 6 N–H and O–H groups in total. The average Bonchev–Trinajstić information content (AvgIpc) is 2.94. The summed E-state index contributed by atoms with van der Waals surface area (Å²) < 4.78 is 74.2. The molecule has 42 heavy (non-hydrogen) atoms. The van der Waals surface area contributed by atoms with Gasteiger partial charge < -0.3 is 21.5 Å². The van der Waals surface area contributed by atoms with E-state index >= 15 is 0 Å². The fraction of sp³-hybridized carbons (Fsp3) is 0.0714. The molecule has 4 aromatic carbocycles. The average molecular weight is 649 g/mol. The second-order valence-electron chi connectivity index (χ2n) is 8.33. The van der Waals surface area contributed by atoms with Crippen LogP contribution in [0.25, 0.3) is 11.1 Å². The van der Waals surface area contributed by atoms with Crippen molar-refractivity contribution in [2.75, 3.05) is 11.5 Å². The van der Waals surface area contributed by atoms with Gasteiger partial charge in [0, 0.05) is 15.8 Å². The van der Waals surface area contributed by atoms with Crippen LogP contribution in [0.1, 0.15) is 22.3 Å². The minimum absolute atomic E-state index is 0.0352. The van der Waals surface area contributed by atoms with E-state index in [1.807, 2.05) is 12.1 Å². The quantitative estimate of drug-likeness (QED) is 0.117. The first kappa shape index (κ1) is 33.7. The Morgan fingerprint density at radius 1 is 0.619 bits per heavy atom. The molecule has 0 aliphatic rings. The number of nitrogen functional groups attached to an aromatic ring is 2. The maximum atomic E-state index is 12.4. The molecular weight excluding hydrogens is 629 g/mol. The van der Waals surface area contributed by atoms with Crippen molar-refractivity contribution in [2.24, 2.45) is 0 Å². The number of anilines is 2. The van der Waals surface area contributed by atoms with E-state index in [-0.39, 0.29) is 5.46 Å². The lowest BCUT2D eigenvalue weighted by Gasteiger charge is -2.08. The molecule has 0 aromatic heterocycles. The van der Waals surface area contributed by atoms with Gasteiger partial charge >= 0.3 is 19.5 Å². The number of rotatable bonds is 2.